The Morgan fingerprint density at radius 1 is 1.43 bits per heavy atom. The number of halogens is 1. The zero-order chi connectivity index (χ0) is 15.4. The fourth-order valence-electron chi connectivity index (χ4n) is 1.66. The second-order valence-electron chi connectivity index (χ2n) is 3.96. The lowest BCUT2D eigenvalue weighted by Crippen LogP contribution is -2.18. The minimum Gasteiger partial charge on any atom is -0.462 e. The SMILES string of the molecule is CCOC(=O)c1c(SC)nc(-c2ccc(Cl)cc2)sc1=N. The third kappa shape index (κ3) is 3.64. The van der Waals surface area contributed by atoms with Gasteiger partial charge in [-0.25, -0.2) is 9.78 Å². The maximum absolute atomic E-state index is 11.9. The van der Waals surface area contributed by atoms with Crippen molar-refractivity contribution in [1.29, 1.82) is 5.41 Å². The Bertz CT molecular complexity index is 714. The van der Waals surface area contributed by atoms with Crippen LogP contribution < -0.4 is 4.67 Å². The highest BCUT2D eigenvalue weighted by Gasteiger charge is 2.18. The molecule has 0 saturated heterocycles. The van der Waals surface area contributed by atoms with E-state index in [0.29, 0.717) is 15.1 Å². The quantitative estimate of drug-likeness (QED) is 0.678. The van der Waals surface area contributed by atoms with Crippen molar-refractivity contribution in [3.8, 4) is 10.6 Å². The number of thioether (sulfide) groups is 1. The van der Waals surface area contributed by atoms with Gasteiger partial charge in [-0.05, 0) is 25.3 Å². The molecule has 0 spiro atoms. The molecule has 2 rings (SSSR count). The van der Waals surface area contributed by atoms with E-state index in [2.05, 4.69) is 4.98 Å². The van der Waals surface area contributed by atoms with E-state index in [4.69, 9.17) is 21.7 Å². The van der Waals surface area contributed by atoms with Crippen LogP contribution in [0.5, 0.6) is 0 Å². The first-order valence-corrected chi connectivity index (χ1v) is 8.55. The Kier molecular flexibility index (Phi) is 5.39. The molecule has 0 fully saturated rings. The van der Waals surface area contributed by atoms with E-state index in [1.807, 2.05) is 18.4 Å². The Morgan fingerprint density at radius 3 is 2.67 bits per heavy atom. The van der Waals surface area contributed by atoms with Crippen LogP contribution in [0.15, 0.2) is 29.3 Å². The summed E-state index contributed by atoms with van der Waals surface area (Å²) in [6.45, 7) is 2.01. The van der Waals surface area contributed by atoms with Crippen molar-refractivity contribution < 1.29 is 9.53 Å². The van der Waals surface area contributed by atoms with Crippen molar-refractivity contribution in [1.82, 2.24) is 4.98 Å². The van der Waals surface area contributed by atoms with Crippen LogP contribution in [0, 0.1) is 5.41 Å². The van der Waals surface area contributed by atoms with Gasteiger partial charge in [0.15, 0.2) is 0 Å². The number of benzene rings is 1. The number of esters is 1. The number of nitrogens with zero attached hydrogens (tertiary/aromatic N) is 1. The monoisotopic (exact) mass is 340 g/mol. The van der Waals surface area contributed by atoms with Crippen LogP contribution in [0.2, 0.25) is 5.02 Å². The molecule has 4 nitrogen and oxygen atoms in total. The Morgan fingerprint density at radius 2 is 2.10 bits per heavy atom. The van der Waals surface area contributed by atoms with E-state index in [9.17, 15) is 4.79 Å². The third-order valence-corrected chi connectivity index (χ3v) is 4.47. The van der Waals surface area contributed by atoms with Gasteiger partial charge in [-0.15, -0.1) is 11.8 Å². The molecule has 1 heterocycles. The van der Waals surface area contributed by atoms with Gasteiger partial charge in [0.2, 0.25) is 0 Å². The average Bonchev–Trinajstić information content (AvgIpc) is 2.47. The molecule has 0 atom stereocenters. The smallest absolute Gasteiger partial charge is 0.343 e. The highest BCUT2D eigenvalue weighted by atomic mass is 35.5. The number of ether oxygens (including phenoxy) is 1. The second-order valence-corrected chi connectivity index (χ2v) is 6.19. The molecule has 0 aliphatic rings. The number of aromatic nitrogens is 1. The van der Waals surface area contributed by atoms with Gasteiger partial charge in [-0.1, -0.05) is 35.1 Å². The molecule has 1 N–H and O–H groups in total. The molecule has 2 aromatic rings. The largest absolute Gasteiger partial charge is 0.462 e. The van der Waals surface area contributed by atoms with Crippen molar-refractivity contribution in [3.05, 3.63) is 39.5 Å². The van der Waals surface area contributed by atoms with Crippen molar-refractivity contribution in [2.24, 2.45) is 0 Å². The first-order valence-electron chi connectivity index (χ1n) is 6.13. The maximum Gasteiger partial charge on any atom is 0.343 e. The molecule has 1 aromatic heterocycles. The summed E-state index contributed by atoms with van der Waals surface area (Å²) in [6, 6.07) is 7.23. The molecule has 110 valence electrons. The zero-order valence-corrected chi connectivity index (χ0v) is 13.9. The molecule has 21 heavy (non-hydrogen) atoms. The minimum atomic E-state index is -0.502. The van der Waals surface area contributed by atoms with Crippen molar-refractivity contribution >= 4 is 40.7 Å². The predicted octanol–water partition coefficient (Wildman–Crippen LogP) is 3.84. The Hall–Kier alpha value is -1.37. The highest BCUT2D eigenvalue weighted by Crippen LogP contribution is 2.26. The van der Waals surface area contributed by atoms with E-state index in [1.165, 1.54) is 11.8 Å². The molecule has 0 amide bonds. The summed E-state index contributed by atoms with van der Waals surface area (Å²) in [5.74, 6) is -0.502. The van der Waals surface area contributed by atoms with Crippen LogP contribution in [0.25, 0.3) is 10.6 Å². The normalized spacial score (nSPS) is 10.4. The van der Waals surface area contributed by atoms with Gasteiger partial charge in [-0.3, -0.25) is 5.41 Å². The van der Waals surface area contributed by atoms with Crippen LogP contribution in [-0.2, 0) is 4.74 Å². The number of hydrogen-bond acceptors (Lipinski definition) is 6. The van der Waals surface area contributed by atoms with E-state index in [-0.39, 0.29) is 16.8 Å². The number of rotatable bonds is 4. The lowest BCUT2D eigenvalue weighted by Gasteiger charge is -2.08. The van der Waals surface area contributed by atoms with Crippen LogP contribution >= 0.6 is 34.7 Å². The highest BCUT2D eigenvalue weighted by molar-refractivity contribution is 7.98. The molecule has 0 saturated carbocycles. The van der Waals surface area contributed by atoms with Crippen molar-refractivity contribution in [2.45, 2.75) is 11.9 Å². The minimum absolute atomic E-state index is 0.151. The molecule has 0 unspecified atom stereocenters. The number of hydrogen-bond donors (Lipinski definition) is 1. The van der Waals surface area contributed by atoms with Gasteiger partial charge in [0.1, 0.15) is 20.3 Å². The van der Waals surface area contributed by atoms with Crippen LogP contribution in [-0.4, -0.2) is 23.8 Å². The van der Waals surface area contributed by atoms with Crippen LogP contribution in [0.3, 0.4) is 0 Å². The summed E-state index contributed by atoms with van der Waals surface area (Å²) in [5.41, 5.74) is 1.09. The number of carbonyl (C=O) groups is 1. The van der Waals surface area contributed by atoms with Gasteiger partial charge < -0.3 is 4.74 Å². The zero-order valence-electron chi connectivity index (χ0n) is 11.5. The van der Waals surface area contributed by atoms with Gasteiger partial charge in [0.25, 0.3) is 0 Å². The lowest BCUT2D eigenvalue weighted by molar-refractivity contribution is 0.0520. The molecule has 0 aliphatic carbocycles. The van der Waals surface area contributed by atoms with Crippen molar-refractivity contribution in [3.63, 3.8) is 0 Å². The van der Waals surface area contributed by atoms with E-state index in [0.717, 1.165) is 16.9 Å². The number of carbonyl (C=O) groups excluding carboxylic acids is 1. The van der Waals surface area contributed by atoms with Crippen LogP contribution in [0.4, 0.5) is 0 Å². The standard InChI is InChI=1S/C14H13ClN2O2S2/c1-3-19-14(18)10-11(16)21-12(17-13(10)20-2)8-4-6-9(15)7-5-8/h4-7,16H,3H2,1-2H3. The summed E-state index contributed by atoms with van der Waals surface area (Å²) in [5, 5.41) is 9.91. The summed E-state index contributed by atoms with van der Waals surface area (Å²) < 4.78 is 5.14. The van der Waals surface area contributed by atoms with Crippen LogP contribution in [0.1, 0.15) is 17.3 Å². The summed E-state index contributed by atoms with van der Waals surface area (Å²) >= 11 is 8.34. The molecule has 0 radical (unpaired) electrons. The van der Waals surface area contributed by atoms with E-state index in [1.54, 1.807) is 19.1 Å². The lowest BCUT2D eigenvalue weighted by atomic mass is 10.2. The Labute approximate surface area is 135 Å². The molecule has 7 heteroatoms. The predicted molar refractivity (Wildman–Crippen MR) is 86.2 cm³/mol. The number of nitrogens with one attached hydrogen (secondary N) is 1. The molecular weight excluding hydrogens is 328 g/mol. The maximum atomic E-state index is 11.9. The summed E-state index contributed by atoms with van der Waals surface area (Å²) in [6.07, 6.45) is 1.82. The topological polar surface area (TPSA) is 63.0 Å². The average molecular weight is 341 g/mol. The molecular formula is C14H13ClN2O2S2. The first kappa shape index (κ1) is 16.0. The molecule has 0 aliphatic heterocycles. The van der Waals surface area contributed by atoms with Gasteiger partial charge >= 0.3 is 5.97 Å². The third-order valence-electron chi connectivity index (χ3n) is 2.61. The fourth-order valence-corrected chi connectivity index (χ4v) is 3.35. The summed E-state index contributed by atoms with van der Waals surface area (Å²) in [7, 11) is 0. The molecule has 1 aromatic carbocycles. The van der Waals surface area contributed by atoms with Gasteiger partial charge in [0, 0.05) is 10.6 Å². The summed E-state index contributed by atoms with van der Waals surface area (Å²) in [4.78, 5) is 16.4. The van der Waals surface area contributed by atoms with Gasteiger partial charge in [0.05, 0.1) is 6.61 Å². The van der Waals surface area contributed by atoms with E-state index < -0.39 is 5.97 Å². The fraction of sp³-hybridized carbons (Fsp3) is 0.214. The van der Waals surface area contributed by atoms with Crippen molar-refractivity contribution in [2.75, 3.05) is 12.9 Å². The Balaban J connectivity index is 2.53. The van der Waals surface area contributed by atoms with E-state index >= 15 is 0 Å². The molecule has 0 bridgehead atoms. The second kappa shape index (κ2) is 7.06. The first-order chi connectivity index (χ1) is 10.1. The van der Waals surface area contributed by atoms with Gasteiger partial charge in [-0.2, -0.15) is 0 Å².